The molecule has 0 bridgehead atoms. The lowest BCUT2D eigenvalue weighted by atomic mass is 10.0. The molecule has 0 spiro atoms. The third-order valence-corrected chi connectivity index (χ3v) is 2.35. The van der Waals surface area contributed by atoms with Crippen LogP contribution in [-0.4, -0.2) is 28.4 Å². The van der Waals surface area contributed by atoms with Crippen LogP contribution in [0, 0.1) is 0 Å². The summed E-state index contributed by atoms with van der Waals surface area (Å²) in [6.45, 7) is 3.24. The van der Waals surface area contributed by atoms with Crippen LogP contribution in [0.3, 0.4) is 0 Å². The highest BCUT2D eigenvalue weighted by atomic mass is 16.3. The van der Waals surface area contributed by atoms with E-state index in [0.717, 1.165) is 0 Å². The number of nitrogens with two attached hydrogens (primary N) is 1. The average molecular weight is 250 g/mol. The SMILES string of the molecule is C=C(O)C(N)CC(=O)c1cc(O)ccc1NC=O. The number of aliphatic hydroxyl groups excluding tert-OH is 1. The Morgan fingerprint density at radius 1 is 1.56 bits per heavy atom. The average Bonchev–Trinajstić information content (AvgIpc) is 2.31. The molecule has 96 valence electrons. The van der Waals surface area contributed by atoms with Crippen molar-refractivity contribution >= 4 is 17.9 Å². The van der Waals surface area contributed by atoms with Gasteiger partial charge in [0.2, 0.25) is 6.41 Å². The van der Waals surface area contributed by atoms with Crippen LogP contribution >= 0.6 is 0 Å². The van der Waals surface area contributed by atoms with E-state index in [1.807, 2.05) is 0 Å². The molecule has 1 atom stereocenters. The summed E-state index contributed by atoms with van der Waals surface area (Å²) in [4.78, 5) is 22.3. The van der Waals surface area contributed by atoms with Crippen molar-refractivity contribution in [2.45, 2.75) is 12.5 Å². The largest absolute Gasteiger partial charge is 0.511 e. The molecule has 0 saturated heterocycles. The fourth-order valence-electron chi connectivity index (χ4n) is 1.38. The second kappa shape index (κ2) is 5.83. The number of phenols is 1. The van der Waals surface area contributed by atoms with Crippen molar-refractivity contribution in [2.75, 3.05) is 5.32 Å². The van der Waals surface area contributed by atoms with E-state index in [4.69, 9.17) is 10.8 Å². The normalized spacial score (nSPS) is 11.6. The lowest BCUT2D eigenvalue weighted by molar-refractivity contribution is -0.105. The van der Waals surface area contributed by atoms with Crippen molar-refractivity contribution in [1.29, 1.82) is 0 Å². The van der Waals surface area contributed by atoms with Gasteiger partial charge in [-0.1, -0.05) is 6.58 Å². The Morgan fingerprint density at radius 2 is 2.22 bits per heavy atom. The summed E-state index contributed by atoms with van der Waals surface area (Å²) in [7, 11) is 0. The minimum Gasteiger partial charge on any atom is -0.511 e. The van der Waals surface area contributed by atoms with Gasteiger partial charge in [-0.2, -0.15) is 0 Å². The zero-order chi connectivity index (χ0) is 13.7. The van der Waals surface area contributed by atoms with Gasteiger partial charge in [-0.05, 0) is 18.2 Å². The van der Waals surface area contributed by atoms with Gasteiger partial charge in [0, 0.05) is 12.0 Å². The highest BCUT2D eigenvalue weighted by Crippen LogP contribution is 2.23. The Labute approximate surface area is 104 Å². The molecule has 0 fully saturated rings. The van der Waals surface area contributed by atoms with E-state index in [1.54, 1.807) is 0 Å². The highest BCUT2D eigenvalue weighted by molar-refractivity contribution is 6.03. The molecule has 6 heteroatoms. The van der Waals surface area contributed by atoms with Gasteiger partial charge < -0.3 is 21.3 Å². The highest BCUT2D eigenvalue weighted by Gasteiger charge is 2.17. The monoisotopic (exact) mass is 250 g/mol. The number of phenolic OH excluding ortho intramolecular Hbond substituents is 1. The first-order valence-corrected chi connectivity index (χ1v) is 5.15. The maximum absolute atomic E-state index is 11.9. The number of hydrogen-bond donors (Lipinski definition) is 4. The van der Waals surface area contributed by atoms with E-state index >= 15 is 0 Å². The molecule has 0 aliphatic rings. The minimum absolute atomic E-state index is 0.105. The Morgan fingerprint density at radius 3 is 2.78 bits per heavy atom. The van der Waals surface area contributed by atoms with Crippen LogP contribution in [0.5, 0.6) is 5.75 Å². The lowest BCUT2D eigenvalue weighted by Crippen LogP contribution is -2.26. The van der Waals surface area contributed by atoms with Gasteiger partial charge >= 0.3 is 0 Å². The number of Topliss-reactive ketones (excluding diaryl/α,β-unsaturated/α-hetero) is 1. The van der Waals surface area contributed by atoms with Gasteiger partial charge in [-0.15, -0.1) is 0 Å². The van der Waals surface area contributed by atoms with Crippen LogP contribution in [0.1, 0.15) is 16.8 Å². The standard InChI is InChI=1S/C12H14N2O4/c1-7(16)10(13)5-12(18)9-4-8(17)2-3-11(9)14-6-15/h2-4,6,10,16-17H,1,5,13H2,(H,14,15). The molecule has 1 aromatic rings. The number of carbonyl (C=O) groups is 2. The molecule has 0 aliphatic carbocycles. The fraction of sp³-hybridized carbons (Fsp3) is 0.167. The smallest absolute Gasteiger partial charge is 0.211 e. The molecule has 5 N–H and O–H groups in total. The second-order valence-corrected chi connectivity index (χ2v) is 3.72. The zero-order valence-corrected chi connectivity index (χ0v) is 9.59. The van der Waals surface area contributed by atoms with Crippen molar-refractivity contribution in [1.82, 2.24) is 0 Å². The first kappa shape index (κ1) is 13.7. The molecular weight excluding hydrogens is 236 g/mol. The number of hydrogen-bond acceptors (Lipinski definition) is 5. The Bertz CT molecular complexity index is 485. The second-order valence-electron chi connectivity index (χ2n) is 3.72. The van der Waals surface area contributed by atoms with Gasteiger partial charge in [0.25, 0.3) is 0 Å². The Hall–Kier alpha value is -2.34. The van der Waals surface area contributed by atoms with Crippen LogP contribution in [0.15, 0.2) is 30.5 Å². The van der Waals surface area contributed by atoms with Crippen LogP contribution in [0.4, 0.5) is 5.69 Å². The van der Waals surface area contributed by atoms with E-state index in [0.29, 0.717) is 6.41 Å². The maximum Gasteiger partial charge on any atom is 0.211 e. The quantitative estimate of drug-likeness (QED) is 0.260. The van der Waals surface area contributed by atoms with Crippen LogP contribution in [0.25, 0.3) is 0 Å². The molecule has 1 aromatic carbocycles. The molecular formula is C12H14N2O4. The fourth-order valence-corrected chi connectivity index (χ4v) is 1.38. The van der Waals surface area contributed by atoms with Crippen molar-refractivity contribution in [2.24, 2.45) is 5.73 Å². The summed E-state index contributed by atoms with van der Waals surface area (Å²) in [5, 5.41) is 20.7. The molecule has 18 heavy (non-hydrogen) atoms. The predicted octanol–water partition coefficient (Wildman–Crippen LogP) is 0.932. The summed E-state index contributed by atoms with van der Waals surface area (Å²) in [5.74, 6) is -0.822. The molecule has 0 heterocycles. The number of aliphatic hydroxyl groups is 1. The van der Waals surface area contributed by atoms with Crippen LogP contribution in [-0.2, 0) is 4.79 Å². The van der Waals surface area contributed by atoms with E-state index < -0.39 is 11.8 Å². The predicted molar refractivity (Wildman–Crippen MR) is 66.5 cm³/mol. The topological polar surface area (TPSA) is 113 Å². The van der Waals surface area contributed by atoms with E-state index in [2.05, 4.69) is 11.9 Å². The summed E-state index contributed by atoms with van der Waals surface area (Å²) >= 11 is 0. The van der Waals surface area contributed by atoms with Crippen molar-refractivity contribution in [3.8, 4) is 5.75 Å². The number of carbonyl (C=O) groups excluding carboxylic acids is 2. The molecule has 1 rings (SSSR count). The van der Waals surface area contributed by atoms with Crippen LogP contribution in [0.2, 0.25) is 0 Å². The third-order valence-electron chi connectivity index (χ3n) is 2.35. The number of benzene rings is 1. The number of amides is 1. The molecule has 0 aromatic heterocycles. The number of nitrogens with one attached hydrogen (secondary N) is 1. The van der Waals surface area contributed by atoms with E-state index in [1.165, 1.54) is 18.2 Å². The molecule has 6 nitrogen and oxygen atoms in total. The molecule has 0 radical (unpaired) electrons. The van der Waals surface area contributed by atoms with Gasteiger partial charge in [-0.25, -0.2) is 0 Å². The van der Waals surface area contributed by atoms with E-state index in [9.17, 15) is 14.7 Å². The number of anilines is 1. The van der Waals surface area contributed by atoms with Gasteiger partial charge in [-0.3, -0.25) is 9.59 Å². The molecule has 0 saturated carbocycles. The number of aromatic hydroxyl groups is 1. The summed E-state index contributed by atoms with van der Waals surface area (Å²) in [6.07, 6.45) is 0.250. The summed E-state index contributed by atoms with van der Waals surface area (Å²) < 4.78 is 0. The van der Waals surface area contributed by atoms with Crippen LogP contribution < -0.4 is 11.1 Å². The maximum atomic E-state index is 11.9. The number of ketones is 1. The van der Waals surface area contributed by atoms with Gasteiger partial charge in [0.1, 0.15) is 11.5 Å². The first-order valence-electron chi connectivity index (χ1n) is 5.15. The zero-order valence-electron chi connectivity index (χ0n) is 9.59. The molecule has 0 aliphatic heterocycles. The minimum atomic E-state index is -0.885. The van der Waals surface area contributed by atoms with Crippen molar-refractivity contribution < 1.29 is 19.8 Å². The Balaban J connectivity index is 2.99. The third kappa shape index (κ3) is 3.33. The number of rotatable bonds is 6. The lowest BCUT2D eigenvalue weighted by Gasteiger charge is -2.11. The van der Waals surface area contributed by atoms with Gasteiger partial charge in [0.15, 0.2) is 5.78 Å². The molecule has 1 unspecified atom stereocenters. The van der Waals surface area contributed by atoms with Gasteiger partial charge in [0.05, 0.1) is 11.7 Å². The Kier molecular flexibility index (Phi) is 4.45. The summed E-state index contributed by atoms with van der Waals surface area (Å²) in [6, 6.07) is 3.08. The first-order chi connectivity index (χ1) is 8.45. The molecule has 1 amide bonds. The van der Waals surface area contributed by atoms with Crippen molar-refractivity contribution in [3.63, 3.8) is 0 Å². The van der Waals surface area contributed by atoms with E-state index in [-0.39, 0.29) is 29.2 Å². The van der Waals surface area contributed by atoms with Crippen molar-refractivity contribution in [3.05, 3.63) is 36.1 Å². The summed E-state index contributed by atoms with van der Waals surface area (Å²) in [5.41, 5.74) is 5.89.